The Balaban J connectivity index is 1.68. The lowest BCUT2D eigenvalue weighted by atomic mass is 9.88. The second-order valence-corrected chi connectivity index (χ2v) is 6.18. The van der Waals surface area contributed by atoms with E-state index in [1.54, 1.807) is 0 Å². The Kier molecular flexibility index (Phi) is 5.98. The fourth-order valence-corrected chi connectivity index (χ4v) is 2.66. The van der Waals surface area contributed by atoms with Crippen molar-refractivity contribution in [2.24, 2.45) is 5.92 Å². The highest BCUT2D eigenvalue weighted by Crippen LogP contribution is 2.26. The molecule has 0 spiro atoms. The molecule has 1 fully saturated rings. The van der Waals surface area contributed by atoms with Crippen molar-refractivity contribution in [1.29, 1.82) is 0 Å². The van der Waals surface area contributed by atoms with E-state index in [1.165, 1.54) is 25.7 Å². The quantitative estimate of drug-likeness (QED) is 0.833. The first-order valence-electron chi connectivity index (χ1n) is 7.89. The van der Waals surface area contributed by atoms with E-state index in [0.29, 0.717) is 18.1 Å². The molecule has 0 aliphatic heterocycles. The summed E-state index contributed by atoms with van der Waals surface area (Å²) in [6.07, 6.45) is 7.62. The van der Waals surface area contributed by atoms with Crippen LogP contribution in [0.2, 0.25) is 0 Å². The van der Waals surface area contributed by atoms with Crippen LogP contribution in [0.3, 0.4) is 0 Å². The minimum absolute atomic E-state index is 0.439. The van der Waals surface area contributed by atoms with Gasteiger partial charge in [0.05, 0.1) is 24.9 Å². The summed E-state index contributed by atoms with van der Waals surface area (Å²) < 4.78 is 7.88. The average molecular weight is 280 g/mol. The van der Waals surface area contributed by atoms with Crippen molar-refractivity contribution in [3.05, 3.63) is 11.9 Å². The maximum atomic E-state index is 6.00. The van der Waals surface area contributed by atoms with Crippen molar-refractivity contribution in [2.75, 3.05) is 6.61 Å². The van der Waals surface area contributed by atoms with Crippen LogP contribution in [0.5, 0.6) is 0 Å². The van der Waals surface area contributed by atoms with E-state index >= 15 is 0 Å². The monoisotopic (exact) mass is 280 g/mol. The van der Waals surface area contributed by atoms with Gasteiger partial charge in [-0.3, -0.25) is 0 Å². The molecular weight excluding hydrogens is 252 g/mol. The molecule has 2 rings (SSSR count). The number of hydrogen-bond donors (Lipinski definition) is 1. The lowest BCUT2D eigenvalue weighted by molar-refractivity contribution is -0.00944. The largest absolute Gasteiger partial charge is 0.376 e. The number of nitrogens with zero attached hydrogens (tertiary/aromatic N) is 3. The van der Waals surface area contributed by atoms with Gasteiger partial charge in [-0.25, -0.2) is 4.68 Å². The topological polar surface area (TPSA) is 52.0 Å². The van der Waals surface area contributed by atoms with E-state index in [4.69, 9.17) is 4.74 Å². The Morgan fingerprint density at radius 1 is 1.40 bits per heavy atom. The summed E-state index contributed by atoms with van der Waals surface area (Å²) in [5.41, 5.74) is 0.990. The van der Waals surface area contributed by atoms with Gasteiger partial charge in [-0.2, -0.15) is 0 Å². The number of hydrogen-bond acceptors (Lipinski definition) is 4. The van der Waals surface area contributed by atoms with Crippen molar-refractivity contribution in [3.63, 3.8) is 0 Å². The highest BCUT2D eigenvalue weighted by atomic mass is 16.5. The zero-order chi connectivity index (χ0) is 14.4. The smallest absolute Gasteiger partial charge is 0.0964 e. The van der Waals surface area contributed by atoms with Crippen LogP contribution in [0.4, 0.5) is 0 Å². The van der Waals surface area contributed by atoms with E-state index in [1.807, 2.05) is 10.9 Å². The Bertz CT molecular complexity index is 391. The third-order valence-electron chi connectivity index (χ3n) is 3.96. The van der Waals surface area contributed by atoms with Crippen molar-refractivity contribution in [3.8, 4) is 0 Å². The van der Waals surface area contributed by atoms with Gasteiger partial charge in [0, 0.05) is 18.8 Å². The Labute approximate surface area is 122 Å². The summed E-state index contributed by atoms with van der Waals surface area (Å²) in [6, 6.07) is 0.469. The van der Waals surface area contributed by atoms with Gasteiger partial charge in [0.15, 0.2) is 0 Å². The second kappa shape index (κ2) is 7.74. The molecule has 0 aromatic carbocycles. The van der Waals surface area contributed by atoms with Gasteiger partial charge < -0.3 is 10.1 Å². The Hall–Kier alpha value is -0.940. The first kappa shape index (κ1) is 15.4. The maximum Gasteiger partial charge on any atom is 0.0964 e. The third-order valence-corrected chi connectivity index (χ3v) is 3.96. The standard InChI is InChI=1S/C15H28N4O/c1-12(2)16-10-14-11-19(18-17-14)8-9-20-15-7-5-4-6-13(15)3/h11-13,15-16H,4-10H2,1-3H3. The van der Waals surface area contributed by atoms with E-state index in [0.717, 1.165) is 25.4 Å². The zero-order valence-electron chi connectivity index (χ0n) is 13.0. The van der Waals surface area contributed by atoms with E-state index < -0.39 is 0 Å². The molecule has 114 valence electrons. The highest BCUT2D eigenvalue weighted by molar-refractivity contribution is 4.91. The van der Waals surface area contributed by atoms with Crippen molar-refractivity contribution >= 4 is 0 Å². The Morgan fingerprint density at radius 3 is 2.95 bits per heavy atom. The second-order valence-electron chi connectivity index (χ2n) is 6.18. The van der Waals surface area contributed by atoms with Crippen LogP contribution in [-0.4, -0.2) is 33.7 Å². The molecule has 0 bridgehead atoms. The molecule has 1 N–H and O–H groups in total. The molecule has 5 nitrogen and oxygen atoms in total. The molecular formula is C15H28N4O. The first-order valence-corrected chi connectivity index (χ1v) is 7.89. The molecule has 0 radical (unpaired) electrons. The molecule has 2 atom stereocenters. The fraction of sp³-hybridized carbons (Fsp3) is 0.867. The van der Waals surface area contributed by atoms with E-state index in [-0.39, 0.29) is 0 Å². The maximum absolute atomic E-state index is 6.00. The summed E-state index contributed by atoms with van der Waals surface area (Å²) in [5.74, 6) is 0.699. The minimum atomic E-state index is 0.439. The molecule has 1 aliphatic carbocycles. The number of aromatic nitrogens is 3. The Morgan fingerprint density at radius 2 is 2.20 bits per heavy atom. The predicted octanol–water partition coefficient (Wildman–Crippen LogP) is 2.37. The molecule has 5 heteroatoms. The minimum Gasteiger partial charge on any atom is -0.376 e. The molecule has 0 amide bonds. The normalized spacial score (nSPS) is 23.4. The van der Waals surface area contributed by atoms with Gasteiger partial charge in [-0.05, 0) is 18.8 Å². The van der Waals surface area contributed by atoms with Crippen molar-refractivity contribution in [2.45, 2.75) is 71.7 Å². The lowest BCUT2D eigenvalue weighted by Crippen LogP contribution is -2.27. The molecule has 1 aliphatic rings. The van der Waals surface area contributed by atoms with Gasteiger partial charge in [0.1, 0.15) is 0 Å². The number of nitrogens with one attached hydrogen (secondary N) is 1. The van der Waals surface area contributed by atoms with Crippen LogP contribution in [0.15, 0.2) is 6.20 Å². The molecule has 1 aromatic heterocycles. The predicted molar refractivity (Wildman–Crippen MR) is 79.4 cm³/mol. The van der Waals surface area contributed by atoms with Gasteiger partial charge in [-0.1, -0.05) is 38.8 Å². The summed E-state index contributed by atoms with van der Waals surface area (Å²) in [5, 5.41) is 11.6. The van der Waals surface area contributed by atoms with Gasteiger partial charge in [0.2, 0.25) is 0 Å². The van der Waals surface area contributed by atoms with Crippen LogP contribution < -0.4 is 5.32 Å². The van der Waals surface area contributed by atoms with Gasteiger partial charge >= 0.3 is 0 Å². The first-order chi connectivity index (χ1) is 9.65. The zero-order valence-corrected chi connectivity index (χ0v) is 13.0. The lowest BCUT2D eigenvalue weighted by Gasteiger charge is -2.28. The molecule has 20 heavy (non-hydrogen) atoms. The van der Waals surface area contributed by atoms with Gasteiger partial charge in [0.25, 0.3) is 0 Å². The van der Waals surface area contributed by atoms with Crippen LogP contribution in [-0.2, 0) is 17.8 Å². The van der Waals surface area contributed by atoms with Crippen LogP contribution in [0, 0.1) is 5.92 Å². The van der Waals surface area contributed by atoms with E-state index in [9.17, 15) is 0 Å². The molecule has 0 saturated heterocycles. The summed E-state index contributed by atoms with van der Waals surface area (Å²) in [4.78, 5) is 0. The van der Waals surface area contributed by atoms with E-state index in [2.05, 4.69) is 36.4 Å². The summed E-state index contributed by atoms with van der Waals surface area (Å²) in [6.45, 7) is 8.85. The SMILES string of the molecule is CC(C)NCc1cn(CCOC2CCCCC2C)nn1. The van der Waals surface area contributed by atoms with Crippen molar-refractivity contribution < 1.29 is 4.74 Å². The molecule has 2 unspecified atom stereocenters. The molecule has 1 saturated carbocycles. The third kappa shape index (κ3) is 4.87. The van der Waals surface area contributed by atoms with Crippen LogP contribution in [0.25, 0.3) is 0 Å². The molecule has 1 heterocycles. The van der Waals surface area contributed by atoms with Crippen LogP contribution in [0.1, 0.15) is 52.1 Å². The van der Waals surface area contributed by atoms with Crippen LogP contribution >= 0.6 is 0 Å². The average Bonchev–Trinajstić information content (AvgIpc) is 2.87. The number of ether oxygens (including phenoxy) is 1. The fourth-order valence-electron chi connectivity index (χ4n) is 2.66. The highest BCUT2D eigenvalue weighted by Gasteiger charge is 2.21. The summed E-state index contributed by atoms with van der Waals surface area (Å²) >= 11 is 0. The number of rotatable bonds is 7. The summed E-state index contributed by atoms with van der Waals surface area (Å²) in [7, 11) is 0. The molecule has 1 aromatic rings. The van der Waals surface area contributed by atoms with Crippen molar-refractivity contribution in [1.82, 2.24) is 20.3 Å². The van der Waals surface area contributed by atoms with Gasteiger partial charge in [-0.15, -0.1) is 5.10 Å².